The highest BCUT2D eigenvalue weighted by molar-refractivity contribution is 7.92. The molecule has 0 aliphatic heterocycles. The van der Waals surface area contributed by atoms with Gasteiger partial charge in [0, 0.05) is 33.2 Å². The van der Waals surface area contributed by atoms with Crippen molar-refractivity contribution in [1.82, 2.24) is 5.32 Å². The van der Waals surface area contributed by atoms with E-state index in [1.165, 1.54) is 4.31 Å². The molecule has 2 N–H and O–H groups in total. The molecule has 0 bridgehead atoms. The number of hydrogen-bond acceptors (Lipinski definition) is 5. The molecule has 2 aromatic rings. The van der Waals surface area contributed by atoms with Crippen LogP contribution in [0.3, 0.4) is 0 Å². The van der Waals surface area contributed by atoms with Crippen molar-refractivity contribution >= 4 is 33.2 Å². The smallest absolute Gasteiger partial charge is 0.253 e. The zero-order valence-electron chi connectivity index (χ0n) is 18.8. The Morgan fingerprint density at radius 1 is 1.03 bits per heavy atom. The van der Waals surface area contributed by atoms with Gasteiger partial charge in [0.1, 0.15) is 0 Å². The molecule has 174 valence electrons. The van der Waals surface area contributed by atoms with Crippen LogP contribution in [-0.4, -0.2) is 53.3 Å². The van der Waals surface area contributed by atoms with Crippen LogP contribution < -0.4 is 14.9 Å². The summed E-state index contributed by atoms with van der Waals surface area (Å²) in [7, 11) is -1.88. The maximum Gasteiger partial charge on any atom is 0.253 e. The molecule has 0 aromatic heterocycles. The van der Waals surface area contributed by atoms with Gasteiger partial charge in [0.25, 0.3) is 5.91 Å². The van der Waals surface area contributed by atoms with Gasteiger partial charge in [-0.05, 0) is 44.0 Å². The van der Waals surface area contributed by atoms with Crippen molar-refractivity contribution in [2.75, 3.05) is 42.7 Å². The van der Waals surface area contributed by atoms with Crippen molar-refractivity contribution in [2.45, 2.75) is 26.2 Å². The van der Waals surface area contributed by atoms with Gasteiger partial charge in [0.2, 0.25) is 15.9 Å². The predicted molar refractivity (Wildman–Crippen MR) is 127 cm³/mol. The SMILES string of the molecule is COCCCNC(=O)c1ccccc1NC(=O)CCCN(c1ccc(C)cc1)S(C)(=O)=O. The van der Waals surface area contributed by atoms with Gasteiger partial charge in [-0.2, -0.15) is 0 Å². The molecular formula is C23H31N3O5S. The Balaban J connectivity index is 1.95. The highest BCUT2D eigenvalue weighted by atomic mass is 32.2. The van der Waals surface area contributed by atoms with Crippen molar-refractivity contribution in [3.05, 3.63) is 59.7 Å². The second kappa shape index (κ2) is 12.2. The number of carbonyl (C=O) groups is 2. The molecule has 0 fully saturated rings. The third-order valence-electron chi connectivity index (χ3n) is 4.74. The fourth-order valence-corrected chi connectivity index (χ4v) is 4.06. The van der Waals surface area contributed by atoms with Gasteiger partial charge in [-0.15, -0.1) is 0 Å². The fourth-order valence-electron chi connectivity index (χ4n) is 3.10. The van der Waals surface area contributed by atoms with E-state index in [9.17, 15) is 18.0 Å². The lowest BCUT2D eigenvalue weighted by Crippen LogP contribution is -2.31. The van der Waals surface area contributed by atoms with Gasteiger partial charge in [-0.25, -0.2) is 8.42 Å². The topological polar surface area (TPSA) is 105 Å². The van der Waals surface area contributed by atoms with Gasteiger partial charge >= 0.3 is 0 Å². The minimum absolute atomic E-state index is 0.113. The predicted octanol–water partition coefficient (Wildman–Crippen LogP) is 2.95. The number of amides is 2. The van der Waals surface area contributed by atoms with Crippen LogP contribution in [0.15, 0.2) is 48.5 Å². The van der Waals surface area contributed by atoms with Gasteiger partial charge in [0.15, 0.2) is 0 Å². The van der Waals surface area contributed by atoms with Crippen LogP contribution in [0, 0.1) is 6.92 Å². The standard InChI is InChI=1S/C23H31N3O5S/c1-18-11-13-19(14-12-18)26(32(3,29)30)16-6-10-22(27)25-21-9-5-4-8-20(21)23(28)24-15-7-17-31-2/h4-5,8-9,11-14H,6-7,10,15-17H2,1-3H3,(H,24,28)(H,25,27). The molecule has 0 heterocycles. The van der Waals surface area contributed by atoms with Crippen LogP contribution in [0.5, 0.6) is 0 Å². The van der Waals surface area contributed by atoms with E-state index in [4.69, 9.17) is 4.74 Å². The Hall–Kier alpha value is -2.91. The van der Waals surface area contributed by atoms with E-state index >= 15 is 0 Å². The number of ether oxygens (including phenoxy) is 1. The van der Waals surface area contributed by atoms with Crippen molar-refractivity contribution < 1.29 is 22.7 Å². The highest BCUT2D eigenvalue weighted by Crippen LogP contribution is 2.20. The number of hydrogen-bond donors (Lipinski definition) is 2. The van der Waals surface area contributed by atoms with E-state index in [0.717, 1.165) is 11.8 Å². The lowest BCUT2D eigenvalue weighted by atomic mass is 10.1. The van der Waals surface area contributed by atoms with Gasteiger partial charge in [-0.3, -0.25) is 13.9 Å². The van der Waals surface area contributed by atoms with E-state index in [-0.39, 0.29) is 24.8 Å². The number of aryl methyl sites for hydroxylation is 1. The summed E-state index contributed by atoms with van der Waals surface area (Å²) in [5.74, 6) is -0.568. The average molecular weight is 462 g/mol. The summed E-state index contributed by atoms with van der Waals surface area (Å²) >= 11 is 0. The minimum Gasteiger partial charge on any atom is -0.385 e. The third-order valence-corrected chi connectivity index (χ3v) is 5.94. The summed E-state index contributed by atoms with van der Waals surface area (Å²) in [5, 5.41) is 5.56. The number of rotatable bonds is 12. The summed E-state index contributed by atoms with van der Waals surface area (Å²) in [6, 6.07) is 14.0. The summed E-state index contributed by atoms with van der Waals surface area (Å²) in [5.41, 5.74) is 2.38. The minimum atomic E-state index is -3.48. The van der Waals surface area contributed by atoms with Crippen LogP contribution >= 0.6 is 0 Å². The lowest BCUT2D eigenvalue weighted by molar-refractivity contribution is -0.116. The first-order valence-corrected chi connectivity index (χ1v) is 12.3. The Kier molecular flexibility index (Phi) is 9.67. The normalized spacial score (nSPS) is 11.1. The molecule has 0 unspecified atom stereocenters. The van der Waals surface area contributed by atoms with Crippen LogP contribution in [-0.2, 0) is 19.6 Å². The molecule has 0 radical (unpaired) electrons. The molecule has 0 atom stereocenters. The number of para-hydroxylation sites is 1. The van der Waals surface area contributed by atoms with Gasteiger partial charge < -0.3 is 15.4 Å². The highest BCUT2D eigenvalue weighted by Gasteiger charge is 2.18. The first-order valence-electron chi connectivity index (χ1n) is 10.4. The fraction of sp³-hybridized carbons (Fsp3) is 0.391. The Labute approximate surface area is 190 Å². The van der Waals surface area contributed by atoms with E-state index in [1.807, 2.05) is 19.1 Å². The van der Waals surface area contributed by atoms with Crippen molar-refractivity contribution in [2.24, 2.45) is 0 Å². The molecule has 9 heteroatoms. The number of nitrogens with one attached hydrogen (secondary N) is 2. The van der Waals surface area contributed by atoms with E-state index in [1.54, 1.807) is 43.5 Å². The monoisotopic (exact) mass is 461 g/mol. The number of sulfonamides is 1. The number of carbonyl (C=O) groups excluding carboxylic acids is 2. The molecule has 0 aliphatic rings. The zero-order chi connectivity index (χ0) is 23.6. The largest absolute Gasteiger partial charge is 0.385 e. The van der Waals surface area contributed by atoms with Crippen LogP contribution in [0.25, 0.3) is 0 Å². The van der Waals surface area contributed by atoms with Crippen molar-refractivity contribution in [3.63, 3.8) is 0 Å². The molecule has 0 spiro atoms. The first-order chi connectivity index (χ1) is 15.2. The Bertz CT molecular complexity index is 1010. The summed E-state index contributed by atoms with van der Waals surface area (Å²) in [6.07, 6.45) is 2.28. The molecular weight excluding hydrogens is 430 g/mol. The van der Waals surface area contributed by atoms with Crippen molar-refractivity contribution in [3.8, 4) is 0 Å². The van der Waals surface area contributed by atoms with Crippen LogP contribution in [0.1, 0.15) is 35.2 Å². The number of nitrogens with zero attached hydrogens (tertiary/aromatic N) is 1. The summed E-state index contributed by atoms with van der Waals surface area (Å²) in [4.78, 5) is 24.9. The van der Waals surface area contributed by atoms with E-state index in [2.05, 4.69) is 10.6 Å². The molecule has 2 rings (SSSR count). The maximum absolute atomic E-state index is 12.5. The molecule has 2 aromatic carbocycles. The molecule has 2 amide bonds. The van der Waals surface area contributed by atoms with Crippen molar-refractivity contribution in [1.29, 1.82) is 0 Å². The Morgan fingerprint density at radius 3 is 2.38 bits per heavy atom. The zero-order valence-corrected chi connectivity index (χ0v) is 19.6. The lowest BCUT2D eigenvalue weighted by Gasteiger charge is -2.22. The quantitative estimate of drug-likeness (QED) is 0.473. The first kappa shape index (κ1) is 25.4. The molecule has 0 saturated carbocycles. The van der Waals surface area contributed by atoms with Gasteiger partial charge in [-0.1, -0.05) is 29.8 Å². The second-order valence-corrected chi connectivity index (χ2v) is 9.38. The molecule has 32 heavy (non-hydrogen) atoms. The molecule has 8 nitrogen and oxygen atoms in total. The third kappa shape index (κ3) is 7.97. The molecule has 0 saturated heterocycles. The Morgan fingerprint density at radius 2 is 1.72 bits per heavy atom. The second-order valence-electron chi connectivity index (χ2n) is 7.47. The number of anilines is 2. The number of benzene rings is 2. The number of methoxy groups -OCH3 is 1. The van der Waals surface area contributed by atoms with E-state index < -0.39 is 10.0 Å². The van der Waals surface area contributed by atoms with Crippen LogP contribution in [0.4, 0.5) is 11.4 Å². The van der Waals surface area contributed by atoms with Gasteiger partial charge in [0.05, 0.1) is 23.2 Å². The van der Waals surface area contributed by atoms with E-state index in [0.29, 0.717) is 42.9 Å². The maximum atomic E-state index is 12.5. The summed E-state index contributed by atoms with van der Waals surface area (Å²) < 4.78 is 30.7. The van der Waals surface area contributed by atoms with Crippen LogP contribution in [0.2, 0.25) is 0 Å². The average Bonchev–Trinajstić information content (AvgIpc) is 2.74. The summed E-state index contributed by atoms with van der Waals surface area (Å²) in [6.45, 7) is 3.12. The molecule has 0 aliphatic carbocycles.